The van der Waals surface area contributed by atoms with E-state index in [1.165, 1.54) is 31.3 Å². The van der Waals surface area contributed by atoms with E-state index in [0.717, 1.165) is 6.92 Å². The molecule has 0 bridgehead atoms. The average Bonchev–Trinajstić information content (AvgIpc) is 2.52. The molecule has 124 valence electrons. The monoisotopic (exact) mass is 332 g/mol. The molecule has 1 heterocycles. The molecule has 6 heteroatoms. The van der Waals surface area contributed by atoms with Gasteiger partial charge in [0.05, 0.1) is 6.04 Å². The van der Waals surface area contributed by atoms with Gasteiger partial charge < -0.3 is 5.32 Å². The van der Waals surface area contributed by atoms with Crippen LogP contribution in [0.25, 0.3) is 0 Å². The Morgan fingerprint density at radius 2 is 1.92 bits per heavy atom. The van der Waals surface area contributed by atoms with E-state index in [0.29, 0.717) is 11.1 Å². The number of hydrogen-bond donors (Lipinski definition) is 1. The number of hydrogen-bond acceptors (Lipinski definition) is 2. The fourth-order valence-electron chi connectivity index (χ4n) is 1.71. The van der Waals surface area contributed by atoms with Gasteiger partial charge in [-0.2, -0.15) is 0 Å². The summed E-state index contributed by atoms with van der Waals surface area (Å²) in [6.45, 7) is 1.95. The van der Waals surface area contributed by atoms with Crippen molar-refractivity contribution >= 4 is 5.91 Å². The Morgan fingerprint density at radius 1 is 1.21 bits per heavy atom. The van der Waals surface area contributed by atoms with Crippen molar-refractivity contribution in [3.8, 4) is 11.8 Å². The Kier molecular flexibility index (Phi) is 5.24. The number of pyridine rings is 1. The molecule has 1 unspecified atom stereocenters. The van der Waals surface area contributed by atoms with Gasteiger partial charge in [0.25, 0.3) is 11.8 Å². The number of aromatic nitrogens is 1. The van der Waals surface area contributed by atoms with Gasteiger partial charge in [-0.3, -0.25) is 4.79 Å². The van der Waals surface area contributed by atoms with Crippen LogP contribution in [0.2, 0.25) is 0 Å². The lowest BCUT2D eigenvalue weighted by molar-refractivity contribution is -0.0108. The molecule has 0 radical (unpaired) electrons. The molecule has 2 aromatic rings. The smallest absolute Gasteiger partial charge is 0.270 e. The van der Waals surface area contributed by atoms with Crippen LogP contribution in [0.4, 0.5) is 13.2 Å². The molecule has 0 saturated heterocycles. The van der Waals surface area contributed by atoms with E-state index in [4.69, 9.17) is 0 Å². The largest absolute Gasteiger partial charge is 0.342 e. The summed E-state index contributed by atoms with van der Waals surface area (Å²) < 4.78 is 39.2. The summed E-state index contributed by atoms with van der Waals surface area (Å²) in [7, 11) is 0. The second-order valence-corrected chi connectivity index (χ2v) is 5.34. The first-order chi connectivity index (χ1) is 11.3. The minimum atomic E-state index is -3.02. The highest BCUT2D eigenvalue weighted by Gasteiger charge is 2.31. The summed E-state index contributed by atoms with van der Waals surface area (Å²) >= 11 is 0. The Morgan fingerprint density at radius 3 is 2.50 bits per heavy atom. The molecule has 1 aromatic heterocycles. The molecule has 3 nitrogen and oxygen atoms in total. The number of rotatable bonds is 3. The van der Waals surface area contributed by atoms with E-state index in [1.807, 2.05) is 0 Å². The van der Waals surface area contributed by atoms with E-state index >= 15 is 0 Å². The molecule has 1 N–H and O–H groups in total. The number of nitrogens with one attached hydrogen (secondary N) is 1. The molecule has 0 aliphatic carbocycles. The highest BCUT2D eigenvalue weighted by Crippen LogP contribution is 2.17. The molecule has 0 aliphatic rings. The Balaban J connectivity index is 2.07. The van der Waals surface area contributed by atoms with E-state index in [2.05, 4.69) is 22.1 Å². The third kappa shape index (κ3) is 4.85. The van der Waals surface area contributed by atoms with Crippen LogP contribution in [0.5, 0.6) is 0 Å². The number of benzene rings is 1. The van der Waals surface area contributed by atoms with Crippen molar-refractivity contribution in [1.29, 1.82) is 0 Å². The van der Waals surface area contributed by atoms with Gasteiger partial charge in [-0.15, -0.1) is 0 Å². The number of amides is 1. The van der Waals surface area contributed by atoms with Gasteiger partial charge in [0.1, 0.15) is 11.5 Å². The fraction of sp³-hybridized carbons (Fsp3) is 0.222. The van der Waals surface area contributed by atoms with Crippen LogP contribution in [0, 0.1) is 17.7 Å². The van der Waals surface area contributed by atoms with E-state index < -0.39 is 17.9 Å². The lowest BCUT2D eigenvalue weighted by Crippen LogP contribution is -2.44. The normalized spacial score (nSPS) is 12.0. The van der Waals surface area contributed by atoms with Gasteiger partial charge in [-0.25, -0.2) is 18.2 Å². The predicted octanol–water partition coefficient (Wildman–Crippen LogP) is 3.39. The van der Waals surface area contributed by atoms with Crippen LogP contribution >= 0.6 is 0 Å². The quantitative estimate of drug-likeness (QED) is 0.876. The third-order valence-corrected chi connectivity index (χ3v) is 3.28. The molecular formula is C18H15F3N2O. The molecule has 1 aromatic carbocycles. The molecule has 24 heavy (non-hydrogen) atoms. The second kappa shape index (κ2) is 7.18. The van der Waals surface area contributed by atoms with Gasteiger partial charge in [0.15, 0.2) is 0 Å². The van der Waals surface area contributed by atoms with Crippen molar-refractivity contribution in [2.75, 3.05) is 0 Å². The average molecular weight is 332 g/mol. The SMILES string of the molecule is CC(NC(=O)c1ccc(C#Cc2cccc(F)c2)cn1)C(C)(F)F. The van der Waals surface area contributed by atoms with Crippen molar-refractivity contribution in [2.24, 2.45) is 0 Å². The zero-order valence-electron chi connectivity index (χ0n) is 13.1. The summed E-state index contributed by atoms with van der Waals surface area (Å²) in [5.74, 6) is 1.47. The van der Waals surface area contributed by atoms with Crippen molar-refractivity contribution < 1.29 is 18.0 Å². The minimum Gasteiger partial charge on any atom is -0.342 e. The lowest BCUT2D eigenvalue weighted by atomic mass is 10.2. The van der Waals surface area contributed by atoms with E-state index in [1.54, 1.807) is 18.2 Å². The second-order valence-electron chi connectivity index (χ2n) is 5.34. The van der Waals surface area contributed by atoms with Gasteiger partial charge in [-0.05, 0) is 37.3 Å². The Labute approximate surface area is 137 Å². The summed E-state index contributed by atoms with van der Waals surface area (Å²) in [5, 5.41) is 2.19. The van der Waals surface area contributed by atoms with Gasteiger partial charge in [0.2, 0.25) is 0 Å². The number of halogens is 3. The fourth-order valence-corrected chi connectivity index (χ4v) is 1.71. The molecular weight excluding hydrogens is 317 g/mol. The lowest BCUT2D eigenvalue weighted by Gasteiger charge is -2.20. The van der Waals surface area contributed by atoms with Gasteiger partial charge in [0, 0.05) is 24.2 Å². The molecule has 2 rings (SSSR count). The summed E-state index contributed by atoms with van der Waals surface area (Å²) in [4.78, 5) is 15.8. The van der Waals surface area contributed by atoms with Crippen LogP contribution in [0.3, 0.4) is 0 Å². The maximum absolute atomic E-state index is 13.1. The first-order valence-corrected chi connectivity index (χ1v) is 7.18. The van der Waals surface area contributed by atoms with Crippen molar-refractivity contribution in [2.45, 2.75) is 25.8 Å². The highest BCUT2D eigenvalue weighted by atomic mass is 19.3. The topological polar surface area (TPSA) is 42.0 Å². The van der Waals surface area contributed by atoms with Crippen LogP contribution in [-0.4, -0.2) is 22.9 Å². The summed E-state index contributed by atoms with van der Waals surface area (Å²) in [5.41, 5.74) is 1.04. The zero-order chi connectivity index (χ0) is 17.7. The summed E-state index contributed by atoms with van der Waals surface area (Å²) in [6.07, 6.45) is 1.36. The molecule has 0 saturated carbocycles. The van der Waals surface area contributed by atoms with Gasteiger partial charge >= 0.3 is 0 Å². The maximum atomic E-state index is 13.1. The zero-order valence-corrected chi connectivity index (χ0v) is 13.1. The van der Waals surface area contributed by atoms with E-state index in [9.17, 15) is 18.0 Å². The van der Waals surface area contributed by atoms with E-state index in [-0.39, 0.29) is 11.5 Å². The number of carbonyl (C=O) groups is 1. The highest BCUT2D eigenvalue weighted by molar-refractivity contribution is 5.92. The van der Waals surface area contributed by atoms with Crippen molar-refractivity contribution in [3.05, 3.63) is 65.2 Å². The molecule has 0 aliphatic heterocycles. The van der Waals surface area contributed by atoms with Crippen LogP contribution in [0.15, 0.2) is 42.6 Å². The summed E-state index contributed by atoms with van der Waals surface area (Å²) in [6, 6.07) is 7.47. The van der Waals surface area contributed by atoms with Crippen LogP contribution < -0.4 is 5.32 Å². The Bertz CT molecular complexity index is 786. The molecule has 1 amide bonds. The van der Waals surface area contributed by atoms with Crippen molar-refractivity contribution in [1.82, 2.24) is 10.3 Å². The minimum absolute atomic E-state index is 0.0161. The number of carbonyl (C=O) groups excluding carboxylic acids is 1. The molecule has 1 atom stereocenters. The third-order valence-electron chi connectivity index (χ3n) is 3.28. The molecule has 0 spiro atoms. The first-order valence-electron chi connectivity index (χ1n) is 7.18. The number of alkyl halides is 2. The standard InChI is InChI=1S/C18H15F3N2O/c1-12(18(2,20)21)23-17(24)16-9-8-14(11-22-16)7-6-13-4-3-5-15(19)10-13/h3-5,8-12H,1-2H3,(H,23,24). The Hall–Kier alpha value is -2.81. The van der Waals surface area contributed by atoms with Crippen LogP contribution in [0.1, 0.15) is 35.5 Å². The van der Waals surface area contributed by atoms with Crippen LogP contribution in [-0.2, 0) is 0 Å². The maximum Gasteiger partial charge on any atom is 0.270 e. The predicted molar refractivity (Wildman–Crippen MR) is 84.2 cm³/mol. The first kappa shape index (κ1) is 17.5. The molecule has 0 fully saturated rings. The number of nitrogens with zero attached hydrogens (tertiary/aromatic N) is 1. The van der Waals surface area contributed by atoms with Crippen molar-refractivity contribution in [3.63, 3.8) is 0 Å². The van der Waals surface area contributed by atoms with Gasteiger partial charge in [-0.1, -0.05) is 17.9 Å².